The van der Waals surface area contributed by atoms with Crippen LogP contribution >= 0.6 is 11.3 Å². The first-order chi connectivity index (χ1) is 5.35. The number of aliphatic hydroxyl groups is 1. The second-order valence-corrected chi connectivity index (χ2v) is 4.25. The van der Waals surface area contributed by atoms with Crippen molar-refractivity contribution in [1.82, 2.24) is 0 Å². The van der Waals surface area contributed by atoms with Gasteiger partial charge in [-0.15, -0.1) is 0 Å². The van der Waals surface area contributed by atoms with Crippen LogP contribution in [0.4, 0.5) is 0 Å². The van der Waals surface area contributed by atoms with Crippen molar-refractivity contribution in [2.45, 2.75) is 19.3 Å². The first kappa shape index (κ1) is 7.32. The number of thiophene rings is 1. The third kappa shape index (κ3) is 1.47. The first-order valence-electron chi connectivity index (χ1n) is 3.97. The van der Waals surface area contributed by atoms with Gasteiger partial charge in [-0.1, -0.05) is 0 Å². The van der Waals surface area contributed by atoms with Crippen LogP contribution in [0.1, 0.15) is 18.4 Å². The minimum absolute atomic E-state index is 0.279. The summed E-state index contributed by atoms with van der Waals surface area (Å²) in [5, 5.41) is 13.3. The standard InChI is InChI=1S/C9H12OS/c10-7-9(2-3-9)5-8-1-4-11-6-8/h1,4,6,10H,2-3,5,7H2. The smallest absolute Gasteiger partial charge is 0.0490 e. The molecule has 1 fully saturated rings. The molecule has 0 radical (unpaired) electrons. The van der Waals surface area contributed by atoms with Crippen LogP contribution in [0.5, 0.6) is 0 Å². The van der Waals surface area contributed by atoms with E-state index >= 15 is 0 Å². The van der Waals surface area contributed by atoms with Gasteiger partial charge in [-0.2, -0.15) is 11.3 Å². The molecule has 0 atom stereocenters. The average Bonchev–Trinajstić information content (AvgIpc) is 2.59. The summed E-state index contributed by atoms with van der Waals surface area (Å²) in [5.41, 5.74) is 1.67. The quantitative estimate of drug-likeness (QED) is 0.732. The number of hydrogen-bond acceptors (Lipinski definition) is 2. The van der Waals surface area contributed by atoms with E-state index in [0.29, 0.717) is 6.61 Å². The Morgan fingerprint density at radius 2 is 2.36 bits per heavy atom. The lowest BCUT2D eigenvalue weighted by atomic mass is 10.00. The van der Waals surface area contributed by atoms with Gasteiger partial charge in [0.05, 0.1) is 0 Å². The molecule has 1 heterocycles. The van der Waals surface area contributed by atoms with Gasteiger partial charge in [0.2, 0.25) is 0 Å². The van der Waals surface area contributed by atoms with E-state index in [-0.39, 0.29) is 5.41 Å². The Bertz CT molecular complexity index is 224. The van der Waals surface area contributed by atoms with Gasteiger partial charge in [0.25, 0.3) is 0 Å². The van der Waals surface area contributed by atoms with Crippen molar-refractivity contribution in [3.8, 4) is 0 Å². The van der Waals surface area contributed by atoms with Crippen LogP contribution in [0.2, 0.25) is 0 Å². The largest absolute Gasteiger partial charge is 0.396 e. The summed E-state index contributed by atoms with van der Waals surface area (Å²) < 4.78 is 0. The molecular formula is C9H12OS. The highest BCUT2D eigenvalue weighted by molar-refractivity contribution is 7.07. The summed E-state index contributed by atoms with van der Waals surface area (Å²) in [6.45, 7) is 0.364. The Hall–Kier alpha value is -0.340. The summed E-state index contributed by atoms with van der Waals surface area (Å²) in [7, 11) is 0. The SMILES string of the molecule is OCC1(Cc2ccsc2)CC1. The molecule has 1 saturated carbocycles. The summed E-state index contributed by atoms with van der Waals surface area (Å²) in [6, 6.07) is 2.15. The van der Waals surface area contributed by atoms with Crippen molar-refractivity contribution >= 4 is 11.3 Å². The molecular weight excluding hydrogens is 156 g/mol. The molecule has 1 aliphatic rings. The molecule has 0 spiro atoms. The van der Waals surface area contributed by atoms with Crippen molar-refractivity contribution in [3.63, 3.8) is 0 Å². The van der Waals surface area contributed by atoms with Gasteiger partial charge in [-0.3, -0.25) is 0 Å². The van der Waals surface area contributed by atoms with E-state index in [0.717, 1.165) is 6.42 Å². The Labute approximate surface area is 70.7 Å². The van der Waals surface area contributed by atoms with Crippen molar-refractivity contribution in [2.24, 2.45) is 5.41 Å². The summed E-state index contributed by atoms with van der Waals surface area (Å²) >= 11 is 1.74. The molecule has 11 heavy (non-hydrogen) atoms. The second-order valence-electron chi connectivity index (χ2n) is 3.47. The van der Waals surface area contributed by atoms with E-state index in [1.165, 1.54) is 18.4 Å². The molecule has 2 rings (SSSR count). The molecule has 1 aromatic rings. The lowest BCUT2D eigenvalue weighted by Gasteiger charge is -2.08. The van der Waals surface area contributed by atoms with Crippen LogP contribution in [-0.4, -0.2) is 11.7 Å². The molecule has 60 valence electrons. The molecule has 2 heteroatoms. The van der Waals surface area contributed by atoms with Gasteiger partial charge < -0.3 is 5.11 Å². The molecule has 1 aromatic heterocycles. The number of aliphatic hydroxyl groups excluding tert-OH is 1. The minimum atomic E-state index is 0.279. The fourth-order valence-electron chi connectivity index (χ4n) is 1.39. The average molecular weight is 168 g/mol. The fourth-order valence-corrected chi connectivity index (χ4v) is 2.06. The van der Waals surface area contributed by atoms with Crippen LogP contribution in [-0.2, 0) is 6.42 Å². The van der Waals surface area contributed by atoms with E-state index in [2.05, 4.69) is 16.8 Å². The molecule has 0 saturated heterocycles. The van der Waals surface area contributed by atoms with Gasteiger partial charge >= 0.3 is 0 Å². The summed E-state index contributed by atoms with van der Waals surface area (Å²) in [4.78, 5) is 0. The fraction of sp³-hybridized carbons (Fsp3) is 0.556. The zero-order valence-electron chi connectivity index (χ0n) is 6.42. The van der Waals surface area contributed by atoms with Crippen LogP contribution < -0.4 is 0 Å². The van der Waals surface area contributed by atoms with Crippen LogP contribution in [0.3, 0.4) is 0 Å². The molecule has 1 N–H and O–H groups in total. The van der Waals surface area contributed by atoms with Crippen LogP contribution in [0.25, 0.3) is 0 Å². The Kier molecular flexibility index (Phi) is 1.74. The topological polar surface area (TPSA) is 20.2 Å². The lowest BCUT2D eigenvalue weighted by molar-refractivity contribution is 0.211. The van der Waals surface area contributed by atoms with E-state index in [1.807, 2.05) is 0 Å². The molecule has 0 bridgehead atoms. The molecule has 0 unspecified atom stereocenters. The van der Waals surface area contributed by atoms with Crippen molar-refractivity contribution in [1.29, 1.82) is 0 Å². The highest BCUT2D eigenvalue weighted by atomic mass is 32.1. The Morgan fingerprint density at radius 1 is 1.55 bits per heavy atom. The Morgan fingerprint density at radius 3 is 2.82 bits per heavy atom. The van der Waals surface area contributed by atoms with Gasteiger partial charge in [0.15, 0.2) is 0 Å². The summed E-state index contributed by atoms with van der Waals surface area (Å²) in [6.07, 6.45) is 3.49. The van der Waals surface area contributed by atoms with E-state index in [1.54, 1.807) is 11.3 Å². The molecule has 1 nitrogen and oxygen atoms in total. The minimum Gasteiger partial charge on any atom is -0.396 e. The normalized spacial score (nSPS) is 20.1. The highest BCUT2D eigenvalue weighted by Gasteiger charge is 2.41. The molecule has 0 amide bonds. The van der Waals surface area contributed by atoms with Crippen LogP contribution in [0, 0.1) is 5.41 Å². The first-order valence-corrected chi connectivity index (χ1v) is 4.91. The zero-order valence-corrected chi connectivity index (χ0v) is 7.23. The molecule has 0 aliphatic heterocycles. The predicted molar refractivity (Wildman–Crippen MR) is 46.8 cm³/mol. The number of rotatable bonds is 3. The van der Waals surface area contributed by atoms with E-state index in [4.69, 9.17) is 5.11 Å². The van der Waals surface area contributed by atoms with E-state index in [9.17, 15) is 0 Å². The van der Waals surface area contributed by atoms with Gasteiger partial charge in [0, 0.05) is 6.61 Å². The van der Waals surface area contributed by atoms with Crippen LogP contribution in [0.15, 0.2) is 16.8 Å². The zero-order chi connectivity index (χ0) is 7.73. The second kappa shape index (κ2) is 2.61. The maximum atomic E-state index is 9.06. The van der Waals surface area contributed by atoms with Crippen molar-refractivity contribution in [3.05, 3.63) is 22.4 Å². The van der Waals surface area contributed by atoms with Gasteiger partial charge in [0.1, 0.15) is 0 Å². The molecule has 0 aromatic carbocycles. The highest BCUT2D eigenvalue weighted by Crippen LogP contribution is 2.47. The molecule has 1 aliphatic carbocycles. The lowest BCUT2D eigenvalue weighted by Crippen LogP contribution is -2.09. The van der Waals surface area contributed by atoms with Crippen molar-refractivity contribution < 1.29 is 5.11 Å². The van der Waals surface area contributed by atoms with Gasteiger partial charge in [-0.25, -0.2) is 0 Å². The third-order valence-electron chi connectivity index (χ3n) is 2.45. The maximum absolute atomic E-state index is 9.06. The third-order valence-corrected chi connectivity index (χ3v) is 3.18. The maximum Gasteiger partial charge on any atom is 0.0490 e. The van der Waals surface area contributed by atoms with Gasteiger partial charge in [-0.05, 0) is 47.1 Å². The van der Waals surface area contributed by atoms with E-state index < -0.39 is 0 Å². The number of hydrogen-bond donors (Lipinski definition) is 1. The van der Waals surface area contributed by atoms with Crippen molar-refractivity contribution in [2.75, 3.05) is 6.61 Å². The summed E-state index contributed by atoms with van der Waals surface area (Å²) in [5.74, 6) is 0. The Balaban J connectivity index is 2.01. The predicted octanol–water partition coefficient (Wildman–Crippen LogP) is 2.06. The monoisotopic (exact) mass is 168 g/mol.